The number of carbonyl (C=O) groups is 2. The molecule has 2 rings (SSSR count). The lowest BCUT2D eigenvalue weighted by Gasteiger charge is -2.35. The van der Waals surface area contributed by atoms with Crippen molar-refractivity contribution in [3.63, 3.8) is 0 Å². The maximum Gasteiger partial charge on any atom is 0.240 e. The minimum atomic E-state index is -0.550. The molecule has 0 aliphatic carbocycles. The fourth-order valence-electron chi connectivity index (χ4n) is 2.55. The van der Waals surface area contributed by atoms with Crippen molar-refractivity contribution in [3.8, 4) is 0 Å². The Hall–Kier alpha value is -1.88. The SMILES string of the molecule is CCC(C)NCC(=O)N1Cc2ccccc2C[C@H]1C(N)=O. The molecule has 1 unspecified atom stereocenters. The van der Waals surface area contributed by atoms with Crippen molar-refractivity contribution in [2.45, 2.75) is 45.3 Å². The van der Waals surface area contributed by atoms with Gasteiger partial charge in [0.1, 0.15) is 6.04 Å². The van der Waals surface area contributed by atoms with Crippen LogP contribution in [0.2, 0.25) is 0 Å². The number of carbonyl (C=O) groups excluding carboxylic acids is 2. The summed E-state index contributed by atoms with van der Waals surface area (Å²) in [5, 5.41) is 3.17. The Kier molecular flexibility index (Phi) is 4.96. The van der Waals surface area contributed by atoms with Gasteiger partial charge in [0.25, 0.3) is 0 Å². The minimum Gasteiger partial charge on any atom is -0.368 e. The average molecular weight is 289 g/mol. The van der Waals surface area contributed by atoms with Gasteiger partial charge in [-0.2, -0.15) is 0 Å². The third kappa shape index (κ3) is 3.61. The first kappa shape index (κ1) is 15.5. The first-order valence-corrected chi connectivity index (χ1v) is 7.41. The van der Waals surface area contributed by atoms with Crippen LogP contribution in [-0.2, 0) is 22.6 Å². The van der Waals surface area contributed by atoms with Crippen LogP contribution in [0.4, 0.5) is 0 Å². The van der Waals surface area contributed by atoms with Crippen LogP contribution in [0.3, 0.4) is 0 Å². The summed E-state index contributed by atoms with van der Waals surface area (Å²) in [6.45, 7) is 4.78. The van der Waals surface area contributed by atoms with Gasteiger partial charge in [0, 0.05) is 19.0 Å². The van der Waals surface area contributed by atoms with Crippen molar-refractivity contribution in [2.75, 3.05) is 6.54 Å². The van der Waals surface area contributed by atoms with Gasteiger partial charge in [-0.05, 0) is 24.5 Å². The van der Waals surface area contributed by atoms with Gasteiger partial charge in [-0.25, -0.2) is 0 Å². The van der Waals surface area contributed by atoms with Crippen molar-refractivity contribution in [1.82, 2.24) is 10.2 Å². The molecule has 0 bridgehead atoms. The van der Waals surface area contributed by atoms with Crippen molar-refractivity contribution in [2.24, 2.45) is 5.73 Å². The summed E-state index contributed by atoms with van der Waals surface area (Å²) in [6.07, 6.45) is 1.45. The highest BCUT2D eigenvalue weighted by atomic mass is 16.2. The molecule has 21 heavy (non-hydrogen) atoms. The number of nitrogens with two attached hydrogens (primary N) is 1. The number of benzene rings is 1. The van der Waals surface area contributed by atoms with Crippen LogP contribution in [-0.4, -0.2) is 35.3 Å². The summed E-state index contributed by atoms with van der Waals surface area (Å²) in [5.74, 6) is -0.519. The van der Waals surface area contributed by atoms with Gasteiger partial charge >= 0.3 is 0 Å². The second kappa shape index (κ2) is 6.72. The van der Waals surface area contributed by atoms with Crippen molar-refractivity contribution < 1.29 is 9.59 Å². The summed E-state index contributed by atoms with van der Waals surface area (Å²) in [4.78, 5) is 25.7. The summed E-state index contributed by atoms with van der Waals surface area (Å²) >= 11 is 0. The highest BCUT2D eigenvalue weighted by Gasteiger charge is 2.32. The maximum absolute atomic E-state index is 12.4. The lowest BCUT2D eigenvalue weighted by Crippen LogP contribution is -2.53. The summed E-state index contributed by atoms with van der Waals surface area (Å²) in [5.41, 5.74) is 7.67. The highest BCUT2D eigenvalue weighted by molar-refractivity contribution is 5.88. The van der Waals surface area contributed by atoms with Crippen LogP contribution >= 0.6 is 0 Å². The number of nitrogens with zero attached hydrogens (tertiary/aromatic N) is 1. The van der Waals surface area contributed by atoms with E-state index in [1.807, 2.05) is 31.2 Å². The molecule has 2 amide bonds. The van der Waals surface area contributed by atoms with Gasteiger partial charge in [-0.15, -0.1) is 0 Å². The van der Waals surface area contributed by atoms with E-state index in [4.69, 9.17) is 5.73 Å². The average Bonchev–Trinajstić information content (AvgIpc) is 2.50. The lowest BCUT2D eigenvalue weighted by molar-refractivity contribution is -0.140. The lowest BCUT2D eigenvalue weighted by atomic mass is 9.93. The molecule has 2 atom stereocenters. The number of rotatable bonds is 5. The van der Waals surface area contributed by atoms with Gasteiger partial charge in [-0.3, -0.25) is 9.59 Å². The number of hydrogen-bond acceptors (Lipinski definition) is 3. The zero-order chi connectivity index (χ0) is 15.4. The minimum absolute atomic E-state index is 0.0754. The van der Waals surface area contributed by atoms with E-state index < -0.39 is 11.9 Å². The number of fused-ring (bicyclic) bond motifs is 1. The van der Waals surface area contributed by atoms with E-state index >= 15 is 0 Å². The van der Waals surface area contributed by atoms with Crippen molar-refractivity contribution in [3.05, 3.63) is 35.4 Å². The molecule has 1 aromatic rings. The zero-order valence-corrected chi connectivity index (χ0v) is 12.6. The summed E-state index contributed by atoms with van der Waals surface area (Å²) < 4.78 is 0. The fraction of sp³-hybridized carbons (Fsp3) is 0.500. The zero-order valence-electron chi connectivity index (χ0n) is 12.6. The predicted molar refractivity (Wildman–Crippen MR) is 81.4 cm³/mol. The number of nitrogens with one attached hydrogen (secondary N) is 1. The summed E-state index contributed by atoms with van der Waals surface area (Å²) in [6, 6.07) is 7.60. The largest absolute Gasteiger partial charge is 0.368 e. The molecular weight excluding hydrogens is 266 g/mol. The third-order valence-corrected chi connectivity index (χ3v) is 4.11. The predicted octanol–water partition coefficient (Wildman–Crippen LogP) is 0.813. The molecule has 0 fully saturated rings. The molecule has 1 aliphatic heterocycles. The Bertz CT molecular complexity index is 530. The molecule has 1 aromatic carbocycles. The molecule has 114 valence electrons. The molecule has 1 heterocycles. The van der Waals surface area contributed by atoms with Gasteiger partial charge in [-0.1, -0.05) is 31.2 Å². The fourth-order valence-corrected chi connectivity index (χ4v) is 2.55. The van der Waals surface area contributed by atoms with Crippen LogP contribution in [0, 0.1) is 0 Å². The van der Waals surface area contributed by atoms with Gasteiger partial charge in [0.15, 0.2) is 0 Å². The molecule has 0 aromatic heterocycles. The molecular formula is C16H23N3O2. The first-order chi connectivity index (χ1) is 10.0. The second-order valence-corrected chi connectivity index (χ2v) is 5.60. The van der Waals surface area contributed by atoms with E-state index in [0.29, 0.717) is 13.0 Å². The van der Waals surface area contributed by atoms with Crippen LogP contribution in [0.5, 0.6) is 0 Å². The Morgan fingerprint density at radius 1 is 1.38 bits per heavy atom. The van der Waals surface area contributed by atoms with Gasteiger partial charge in [0.05, 0.1) is 6.54 Å². The molecule has 5 nitrogen and oxygen atoms in total. The molecule has 0 radical (unpaired) electrons. The number of hydrogen-bond donors (Lipinski definition) is 2. The van der Waals surface area contributed by atoms with Crippen LogP contribution in [0.15, 0.2) is 24.3 Å². The van der Waals surface area contributed by atoms with Gasteiger partial charge < -0.3 is 16.0 Å². The molecule has 0 spiro atoms. The smallest absolute Gasteiger partial charge is 0.240 e. The normalized spacial score (nSPS) is 19.0. The third-order valence-electron chi connectivity index (χ3n) is 4.11. The topological polar surface area (TPSA) is 75.4 Å². The molecule has 0 saturated heterocycles. The molecule has 0 saturated carbocycles. The Morgan fingerprint density at radius 2 is 2.05 bits per heavy atom. The van der Waals surface area contributed by atoms with E-state index in [1.165, 1.54) is 0 Å². The highest BCUT2D eigenvalue weighted by Crippen LogP contribution is 2.23. The number of amides is 2. The van der Waals surface area contributed by atoms with Crippen LogP contribution in [0.25, 0.3) is 0 Å². The van der Waals surface area contributed by atoms with E-state index in [-0.39, 0.29) is 18.5 Å². The quantitative estimate of drug-likeness (QED) is 0.842. The van der Waals surface area contributed by atoms with E-state index in [9.17, 15) is 9.59 Å². The Morgan fingerprint density at radius 3 is 2.67 bits per heavy atom. The van der Waals surface area contributed by atoms with Crippen LogP contribution in [0.1, 0.15) is 31.4 Å². The van der Waals surface area contributed by atoms with Crippen molar-refractivity contribution in [1.29, 1.82) is 0 Å². The molecule has 1 aliphatic rings. The van der Waals surface area contributed by atoms with Gasteiger partial charge in [0.2, 0.25) is 11.8 Å². The van der Waals surface area contributed by atoms with E-state index in [1.54, 1.807) is 4.90 Å². The van der Waals surface area contributed by atoms with Crippen LogP contribution < -0.4 is 11.1 Å². The summed E-state index contributed by atoms with van der Waals surface area (Å²) in [7, 11) is 0. The second-order valence-electron chi connectivity index (χ2n) is 5.60. The standard InChI is InChI=1S/C16H23N3O2/c1-3-11(2)18-9-15(20)19-10-13-7-5-4-6-12(13)8-14(19)16(17)21/h4-7,11,14,18H,3,8-10H2,1-2H3,(H2,17,21)/t11?,14-/m0/s1. The van der Waals surface area contributed by atoms with E-state index in [0.717, 1.165) is 17.5 Å². The van der Waals surface area contributed by atoms with E-state index in [2.05, 4.69) is 12.2 Å². The van der Waals surface area contributed by atoms with Crippen molar-refractivity contribution >= 4 is 11.8 Å². The maximum atomic E-state index is 12.4. The first-order valence-electron chi connectivity index (χ1n) is 7.41. The Labute approximate surface area is 125 Å². The number of primary amides is 1. The molecule has 5 heteroatoms. The monoisotopic (exact) mass is 289 g/mol. The Balaban J connectivity index is 2.13. The molecule has 3 N–H and O–H groups in total.